The second-order valence-electron chi connectivity index (χ2n) is 7.57. The summed E-state index contributed by atoms with van der Waals surface area (Å²) in [7, 11) is -1.33. The van der Waals surface area contributed by atoms with Crippen molar-refractivity contribution in [1.82, 2.24) is 10.6 Å². The van der Waals surface area contributed by atoms with Crippen LogP contribution >= 0.6 is 0 Å². The zero-order chi connectivity index (χ0) is 20.6. The molecule has 0 aromatic heterocycles. The summed E-state index contributed by atoms with van der Waals surface area (Å²) in [6.45, 7) is 6.86. The van der Waals surface area contributed by atoms with E-state index in [1.54, 1.807) is 7.11 Å². The molecule has 1 saturated carbocycles. The first-order valence-electron chi connectivity index (χ1n) is 9.68. The van der Waals surface area contributed by atoms with Crippen LogP contribution in [0, 0.1) is 12.3 Å². The molecule has 28 heavy (non-hydrogen) atoms. The summed E-state index contributed by atoms with van der Waals surface area (Å²) in [4.78, 5) is 4.66. The number of nitrogens with one attached hydrogen (secondary N) is 2. The Morgan fingerprint density at radius 3 is 2.61 bits per heavy atom. The molecule has 0 aliphatic heterocycles. The monoisotopic (exact) mass is 411 g/mol. The molecule has 0 amide bonds. The van der Waals surface area contributed by atoms with Gasteiger partial charge in [-0.15, -0.1) is 0 Å². The lowest BCUT2D eigenvalue weighted by atomic mass is 10.1. The van der Waals surface area contributed by atoms with E-state index in [1.165, 1.54) is 6.26 Å². The SMILES string of the molecule is CCNC(=NCc1ccc(C)cc1OCCOC)NCC1(CS(C)(=O)=O)CC1. The standard InChI is InChI=1S/C20H33N3O4S/c1-5-21-19(23-14-20(8-9-20)15-28(4,24)25)22-13-17-7-6-16(2)12-18(17)27-11-10-26-3/h6-7,12H,5,8-11,13-15H2,1-4H3,(H2,21,22,23). The number of hydrogen-bond donors (Lipinski definition) is 2. The van der Waals surface area contributed by atoms with Gasteiger partial charge in [0.05, 0.1) is 18.9 Å². The molecular formula is C20H33N3O4S. The summed E-state index contributed by atoms with van der Waals surface area (Å²) in [5, 5.41) is 6.54. The van der Waals surface area contributed by atoms with Crippen LogP contribution in [0.1, 0.15) is 30.9 Å². The Morgan fingerprint density at radius 2 is 2.00 bits per heavy atom. The lowest BCUT2D eigenvalue weighted by molar-refractivity contribution is 0.145. The summed E-state index contributed by atoms with van der Waals surface area (Å²) < 4.78 is 34.2. The molecule has 1 aromatic rings. The van der Waals surface area contributed by atoms with Crippen molar-refractivity contribution in [2.45, 2.75) is 33.2 Å². The maximum Gasteiger partial charge on any atom is 0.191 e. The van der Waals surface area contributed by atoms with Crippen molar-refractivity contribution in [3.05, 3.63) is 29.3 Å². The molecular weight excluding hydrogens is 378 g/mol. The van der Waals surface area contributed by atoms with Crippen LogP contribution in [0.3, 0.4) is 0 Å². The molecule has 0 saturated heterocycles. The fraction of sp³-hybridized carbons (Fsp3) is 0.650. The van der Waals surface area contributed by atoms with Gasteiger partial charge in [-0.25, -0.2) is 13.4 Å². The summed E-state index contributed by atoms with van der Waals surface area (Å²) in [5.74, 6) is 1.72. The second kappa shape index (κ2) is 10.1. The molecule has 158 valence electrons. The number of nitrogens with zero attached hydrogens (tertiary/aromatic N) is 1. The lowest BCUT2D eigenvalue weighted by Gasteiger charge is -2.18. The van der Waals surface area contributed by atoms with Crippen LogP contribution in [-0.2, 0) is 21.1 Å². The van der Waals surface area contributed by atoms with Gasteiger partial charge in [-0.2, -0.15) is 0 Å². The molecule has 0 bridgehead atoms. The van der Waals surface area contributed by atoms with Crippen LogP contribution in [0.4, 0.5) is 0 Å². The van der Waals surface area contributed by atoms with Crippen molar-refractivity contribution in [1.29, 1.82) is 0 Å². The zero-order valence-electron chi connectivity index (χ0n) is 17.4. The molecule has 2 rings (SSSR count). The van der Waals surface area contributed by atoms with E-state index in [9.17, 15) is 8.42 Å². The van der Waals surface area contributed by atoms with E-state index in [0.717, 1.165) is 36.3 Å². The second-order valence-corrected chi connectivity index (χ2v) is 9.71. The molecule has 0 unspecified atom stereocenters. The van der Waals surface area contributed by atoms with Crippen molar-refractivity contribution in [2.24, 2.45) is 10.4 Å². The minimum absolute atomic E-state index is 0.151. The highest BCUT2D eigenvalue weighted by atomic mass is 32.2. The molecule has 1 fully saturated rings. The minimum atomic E-state index is -2.98. The van der Waals surface area contributed by atoms with E-state index in [4.69, 9.17) is 9.47 Å². The summed E-state index contributed by atoms with van der Waals surface area (Å²) in [6.07, 6.45) is 3.17. The Balaban J connectivity index is 2.02. The van der Waals surface area contributed by atoms with E-state index in [-0.39, 0.29) is 11.2 Å². The van der Waals surface area contributed by atoms with Gasteiger partial charge in [0.25, 0.3) is 0 Å². The van der Waals surface area contributed by atoms with Crippen molar-refractivity contribution in [2.75, 3.05) is 45.4 Å². The number of rotatable bonds is 11. The van der Waals surface area contributed by atoms with Gasteiger partial charge >= 0.3 is 0 Å². The largest absolute Gasteiger partial charge is 0.491 e. The molecule has 0 atom stereocenters. The number of sulfone groups is 1. The maximum absolute atomic E-state index is 11.6. The first-order valence-corrected chi connectivity index (χ1v) is 11.7. The fourth-order valence-corrected chi connectivity index (χ4v) is 4.55. The number of ether oxygens (including phenoxy) is 2. The number of aliphatic imine (C=N–C) groups is 1. The van der Waals surface area contributed by atoms with Gasteiger partial charge < -0.3 is 20.1 Å². The molecule has 1 aliphatic rings. The third-order valence-electron chi connectivity index (χ3n) is 4.68. The Kier molecular flexibility index (Phi) is 8.12. The third kappa shape index (κ3) is 7.67. The predicted molar refractivity (Wildman–Crippen MR) is 113 cm³/mol. The highest BCUT2D eigenvalue weighted by Gasteiger charge is 2.45. The molecule has 1 aliphatic carbocycles. The van der Waals surface area contributed by atoms with Crippen molar-refractivity contribution in [3.8, 4) is 5.75 Å². The number of aryl methyl sites for hydroxylation is 1. The van der Waals surface area contributed by atoms with Crippen LogP contribution in [0.2, 0.25) is 0 Å². The summed E-state index contributed by atoms with van der Waals surface area (Å²) in [6, 6.07) is 6.07. The number of guanidine groups is 1. The van der Waals surface area contributed by atoms with Gasteiger partial charge in [-0.1, -0.05) is 12.1 Å². The molecule has 7 nitrogen and oxygen atoms in total. The van der Waals surface area contributed by atoms with Crippen molar-refractivity contribution >= 4 is 15.8 Å². The topological polar surface area (TPSA) is 89.0 Å². The molecule has 0 radical (unpaired) electrons. The molecule has 1 aromatic carbocycles. The lowest BCUT2D eigenvalue weighted by Crippen LogP contribution is -2.41. The molecule has 0 spiro atoms. The van der Waals surface area contributed by atoms with Crippen LogP contribution in [0.15, 0.2) is 23.2 Å². The molecule has 0 heterocycles. The minimum Gasteiger partial charge on any atom is -0.491 e. The first-order chi connectivity index (χ1) is 13.3. The average Bonchev–Trinajstić information content (AvgIpc) is 3.36. The normalized spacial score (nSPS) is 15.9. The first kappa shape index (κ1) is 22.5. The van der Waals surface area contributed by atoms with E-state index in [0.29, 0.717) is 32.3 Å². The van der Waals surface area contributed by atoms with E-state index in [1.807, 2.05) is 32.0 Å². The van der Waals surface area contributed by atoms with Crippen molar-refractivity contribution in [3.63, 3.8) is 0 Å². The fourth-order valence-electron chi connectivity index (χ4n) is 3.04. The molecule has 2 N–H and O–H groups in total. The third-order valence-corrected chi connectivity index (χ3v) is 5.81. The van der Waals surface area contributed by atoms with Gasteiger partial charge in [0.1, 0.15) is 22.2 Å². The molecule has 8 heteroatoms. The average molecular weight is 412 g/mol. The zero-order valence-corrected chi connectivity index (χ0v) is 18.2. The van der Waals surface area contributed by atoms with Gasteiger partial charge in [-0.3, -0.25) is 0 Å². The Hall–Kier alpha value is -1.80. The quantitative estimate of drug-likeness (QED) is 0.328. The Morgan fingerprint density at radius 1 is 1.25 bits per heavy atom. The van der Waals surface area contributed by atoms with E-state index < -0.39 is 9.84 Å². The van der Waals surface area contributed by atoms with E-state index in [2.05, 4.69) is 15.6 Å². The summed E-state index contributed by atoms with van der Waals surface area (Å²) >= 11 is 0. The number of hydrogen-bond acceptors (Lipinski definition) is 5. The highest BCUT2D eigenvalue weighted by molar-refractivity contribution is 7.90. The Labute approximate surface area is 168 Å². The van der Waals surface area contributed by atoms with Crippen LogP contribution in [0.5, 0.6) is 5.75 Å². The predicted octanol–water partition coefficient (Wildman–Crippen LogP) is 1.90. The Bertz CT molecular complexity index is 774. The number of benzene rings is 1. The van der Waals surface area contributed by atoms with Gasteiger partial charge in [0, 0.05) is 37.4 Å². The summed E-state index contributed by atoms with van der Waals surface area (Å²) in [5.41, 5.74) is 1.97. The van der Waals surface area contributed by atoms with Gasteiger partial charge in [0.2, 0.25) is 0 Å². The van der Waals surface area contributed by atoms with Gasteiger partial charge in [0.15, 0.2) is 5.96 Å². The van der Waals surface area contributed by atoms with Crippen molar-refractivity contribution < 1.29 is 17.9 Å². The van der Waals surface area contributed by atoms with Gasteiger partial charge in [-0.05, 0) is 38.3 Å². The van der Waals surface area contributed by atoms with Crippen LogP contribution < -0.4 is 15.4 Å². The smallest absolute Gasteiger partial charge is 0.191 e. The maximum atomic E-state index is 11.6. The number of methoxy groups -OCH3 is 1. The highest BCUT2D eigenvalue weighted by Crippen LogP contribution is 2.46. The van der Waals surface area contributed by atoms with Crippen LogP contribution in [0.25, 0.3) is 0 Å². The van der Waals surface area contributed by atoms with E-state index >= 15 is 0 Å². The van der Waals surface area contributed by atoms with Crippen LogP contribution in [-0.4, -0.2) is 59.8 Å².